The second-order valence-corrected chi connectivity index (χ2v) is 10.3. The zero-order valence-electron chi connectivity index (χ0n) is 24.2. The van der Waals surface area contributed by atoms with Crippen molar-refractivity contribution in [1.82, 2.24) is 4.98 Å². The van der Waals surface area contributed by atoms with E-state index in [2.05, 4.69) is 62.4 Å². The first-order valence-electron chi connectivity index (χ1n) is 13.5. The first-order chi connectivity index (χ1) is 19.2. The Hall–Kier alpha value is -2.79. The summed E-state index contributed by atoms with van der Waals surface area (Å²) in [6.07, 6.45) is 4.09. The number of benzene rings is 1. The van der Waals surface area contributed by atoms with Crippen molar-refractivity contribution in [3.63, 3.8) is 0 Å². The Kier molecular flexibility index (Phi) is 14.9. The molecule has 0 aliphatic carbocycles. The van der Waals surface area contributed by atoms with E-state index in [0.717, 1.165) is 56.9 Å². The molecule has 224 valence electrons. The maximum atomic E-state index is 9.00. The summed E-state index contributed by atoms with van der Waals surface area (Å²) in [4.78, 5) is 17.9. The minimum absolute atomic E-state index is 0.200. The number of piperidine rings is 1. The normalized spacial score (nSPS) is 20.1. The Morgan fingerprint density at radius 2 is 1.75 bits per heavy atom. The van der Waals surface area contributed by atoms with Crippen LogP contribution in [0, 0.1) is 11.8 Å². The Bertz CT molecular complexity index is 1000. The molecule has 40 heavy (non-hydrogen) atoms. The third-order valence-corrected chi connectivity index (χ3v) is 6.91. The number of rotatable bonds is 9. The maximum absolute atomic E-state index is 9.00. The summed E-state index contributed by atoms with van der Waals surface area (Å²) >= 11 is 6.38. The van der Waals surface area contributed by atoms with Gasteiger partial charge < -0.3 is 39.0 Å². The van der Waals surface area contributed by atoms with Crippen LogP contribution in [0.5, 0.6) is 11.6 Å². The van der Waals surface area contributed by atoms with Gasteiger partial charge in [-0.3, -0.25) is 4.79 Å². The number of hydrogen-bond acceptors (Lipinski definition) is 9. The van der Waals surface area contributed by atoms with E-state index in [1.54, 1.807) is 20.4 Å². The number of nitrogens with zero attached hydrogens (tertiary/aromatic N) is 3. The zero-order chi connectivity index (χ0) is 29.5. The lowest BCUT2D eigenvalue weighted by atomic mass is 9.96. The average Bonchev–Trinajstić information content (AvgIpc) is 3.37. The molecule has 2 aliphatic heterocycles. The molecule has 0 amide bonds. The number of aliphatic hydroxyl groups excluding tert-OH is 1. The van der Waals surface area contributed by atoms with Gasteiger partial charge >= 0.3 is 0 Å². The highest BCUT2D eigenvalue weighted by molar-refractivity contribution is 6.33. The molecule has 3 unspecified atom stereocenters. The molecule has 2 fully saturated rings. The number of aliphatic carboxylic acids is 1. The highest BCUT2D eigenvalue weighted by Gasteiger charge is 2.29. The van der Waals surface area contributed by atoms with Crippen LogP contribution in [0.4, 0.5) is 11.4 Å². The van der Waals surface area contributed by atoms with Gasteiger partial charge in [-0.2, -0.15) is 0 Å². The fraction of sp³-hybridized carbons (Fsp3) is 0.586. The van der Waals surface area contributed by atoms with Crippen LogP contribution in [0.15, 0.2) is 36.5 Å². The summed E-state index contributed by atoms with van der Waals surface area (Å²) in [6.45, 7) is 10.5. The molecule has 1 aromatic carbocycles. The van der Waals surface area contributed by atoms with Crippen LogP contribution in [0.3, 0.4) is 0 Å². The van der Waals surface area contributed by atoms with Gasteiger partial charge in [0.1, 0.15) is 18.6 Å². The Morgan fingerprint density at radius 1 is 1.07 bits per heavy atom. The van der Waals surface area contributed by atoms with Crippen LogP contribution < -0.4 is 19.3 Å². The minimum atomic E-state index is -0.833. The van der Waals surface area contributed by atoms with Crippen molar-refractivity contribution in [3.8, 4) is 11.6 Å². The van der Waals surface area contributed by atoms with Crippen molar-refractivity contribution in [2.45, 2.75) is 39.7 Å². The van der Waals surface area contributed by atoms with Gasteiger partial charge in [-0.05, 0) is 36.6 Å². The number of carbonyl (C=O) groups is 1. The summed E-state index contributed by atoms with van der Waals surface area (Å²) in [5, 5.41) is 16.1. The molecule has 1 aromatic heterocycles. The predicted octanol–water partition coefficient (Wildman–Crippen LogP) is 4.57. The number of carboxylic acid groups (broad SMARTS) is 1. The largest absolute Gasteiger partial charge is 0.490 e. The topological polar surface area (TPSA) is 114 Å². The average molecular weight is 582 g/mol. The number of halogens is 1. The van der Waals surface area contributed by atoms with E-state index in [-0.39, 0.29) is 12.9 Å². The quantitative estimate of drug-likeness (QED) is 0.322. The van der Waals surface area contributed by atoms with Crippen molar-refractivity contribution < 1.29 is 34.0 Å². The molecule has 11 heteroatoms. The van der Waals surface area contributed by atoms with Crippen molar-refractivity contribution in [2.75, 3.05) is 70.2 Å². The van der Waals surface area contributed by atoms with Crippen molar-refractivity contribution in [3.05, 3.63) is 41.6 Å². The van der Waals surface area contributed by atoms with E-state index in [1.165, 1.54) is 12.1 Å². The molecule has 0 bridgehead atoms. The Labute approximate surface area is 242 Å². The summed E-state index contributed by atoms with van der Waals surface area (Å²) in [5.74, 6) is 1.88. The molecule has 2 aliphatic rings. The number of anilines is 2. The maximum Gasteiger partial charge on any atom is 0.300 e. The molecule has 2 saturated heterocycles. The summed E-state index contributed by atoms with van der Waals surface area (Å²) < 4.78 is 20.7. The minimum Gasteiger partial charge on any atom is -0.490 e. The molecule has 2 aromatic rings. The second kappa shape index (κ2) is 17.8. The van der Waals surface area contributed by atoms with E-state index in [9.17, 15) is 0 Å². The van der Waals surface area contributed by atoms with Crippen LogP contribution in [-0.4, -0.2) is 87.7 Å². The smallest absolute Gasteiger partial charge is 0.300 e. The third-order valence-electron chi connectivity index (χ3n) is 6.62. The first kappa shape index (κ1) is 33.4. The summed E-state index contributed by atoms with van der Waals surface area (Å²) in [7, 11) is 3.21. The van der Waals surface area contributed by atoms with Crippen LogP contribution >= 0.6 is 11.6 Å². The number of methoxy groups -OCH3 is 2. The van der Waals surface area contributed by atoms with Crippen LogP contribution in [0.25, 0.3) is 0 Å². The highest BCUT2D eigenvalue weighted by Crippen LogP contribution is 2.33. The van der Waals surface area contributed by atoms with E-state index in [1.807, 2.05) is 6.07 Å². The fourth-order valence-corrected chi connectivity index (χ4v) is 4.79. The number of pyridine rings is 1. The van der Waals surface area contributed by atoms with Gasteiger partial charge in [0, 0.05) is 64.3 Å². The molecule has 10 nitrogen and oxygen atoms in total. The molecular formula is C29H44ClN3O7. The molecule has 0 spiro atoms. The lowest BCUT2D eigenvalue weighted by molar-refractivity contribution is -0.134. The summed E-state index contributed by atoms with van der Waals surface area (Å²) in [5.41, 5.74) is 2.28. The van der Waals surface area contributed by atoms with Crippen molar-refractivity contribution >= 4 is 28.9 Å². The monoisotopic (exact) mass is 581 g/mol. The van der Waals surface area contributed by atoms with Crippen LogP contribution in [-0.2, 0) is 14.3 Å². The van der Waals surface area contributed by atoms with Crippen molar-refractivity contribution in [1.29, 1.82) is 0 Å². The number of aromatic nitrogens is 1. The third kappa shape index (κ3) is 11.4. The Morgan fingerprint density at radius 3 is 2.30 bits per heavy atom. The van der Waals surface area contributed by atoms with Gasteiger partial charge in [-0.1, -0.05) is 25.4 Å². The summed E-state index contributed by atoms with van der Waals surface area (Å²) in [6, 6.07) is 10.5. The van der Waals surface area contributed by atoms with E-state index in [4.69, 9.17) is 36.1 Å². The number of aliphatic hydroxyl groups is 1. The lowest BCUT2D eigenvalue weighted by Gasteiger charge is -2.38. The van der Waals surface area contributed by atoms with Crippen molar-refractivity contribution in [2.24, 2.45) is 11.8 Å². The van der Waals surface area contributed by atoms with Gasteiger partial charge in [0.05, 0.1) is 37.2 Å². The predicted molar refractivity (Wildman–Crippen MR) is 157 cm³/mol. The van der Waals surface area contributed by atoms with Gasteiger partial charge in [0.15, 0.2) is 0 Å². The van der Waals surface area contributed by atoms with E-state index >= 15 is 0 Å². The first-order valence-corrected chi connectivity index (χ1v) is 13.9. The standard InChI is InChI=1S/C23H30ClN3O2.C4H10O3.C2H4O2/c1-16-8-10-26(14-16)18-4-6-19(7-5-18)29-22-9-11-27(15-17(22)2)21-12-23(28-3)25-13-20(21)24;1-6-2-3-7-4-5;1-2(3)4/h4-7,12-13,16-17,22H,8-11,14-15H2,1-3H3;5H,2-4H2,1H3;1H3,(H,3,4). The number of ether oxygens (including phenoxy) is 4. The molecule has 2 N–H and O–H groups in total. The van der Waals surface area contributed by atoms with E-state index < -0.39 is 5.97 Å². The van der Waals surface area contributed by atoms with Crippen LogP contribution in [0.2, 0.25) is 5.02 Å². The second-order valence-electron chi connectivity index (χ2n) is 9.93. The zero-order valence-corrected chi connectivity index (χ0v) is 25.0. The van der Waals surface area contributed by atoms with Gasteiger partial charge in [0.2, 0.25) is 5.88 Å². The molecule has 0 radical (unpaired) electrons. The van der Waals surface area contributed by atoms with Gasteiger partial charge in [0.25, 0.3) is 5.97 Å². The van der Waals surface area contributed by atoms with Crippen LogP contribution in [0.1, 0.15) is 33.6 Å². The molecule has 3 atom stereocenters. The Balaban J connectivity index is 0.000000434. The van der Waals surface area contributed by atoms with E-state index in [0.29, 0.717) is 30.0 Å². The fourth-order valence-electron chi connectivity index (χ4n) is 4.57. The number of hydrogen-bond donors (Lipinski definition) is 2. The molecule has 0 saturated carbocycles. The lowest BCUT2D eigenvalue weighted by Crippen LogP contribution is -2.44. The molecular weight excluding hydrogens is 538 g/mol. The number of carboxylic acids is 1. The van der Waals surface area contributed by atoms with Gasteiger partial charge in [-0.15, -0.1) is 0 Å². The SMILES string of the molecule is CC(=O)O.COCCOCO.COc1cc(N2CCC(Oc3ccc(N4CCC(C)C4)cc3)C(C)C2)c(Cl)cn1. The van der Waals surface area contributed by atoms with Gasteiger partial charge in [-0.25, -0.2) is 4.98 Å². The molecule has 3 heterocycles. The molecule has 4 rings (SSSR count). The highest BCUT2D eigenvalue weighted by atomic mass is 35.5.